The van der Waals surface area contributed by atoms with Gasteiger partial charge in [-0.2, -0.15) is 0 Å². The number of hydrogen-bond acceptors (Lipinski definition) is 4. The monoisotopic (exact) mass is 476 g/mol. The number of halogens is 3. The lowest BCUT2D eigenvalue weighted by Gasteiger charge is -2.30. The summed E-state index contributed by atoms with van der Waals surface area (Å²) in [5, 5.41) is 3.01. The number of benzene rings is 2. The molecule has 0 radical (unpaired) electrons. The summed E-state index contributed by atoms with van der Waals surface area (Å²) in [6.45, 7) is 3.88. The van der Waals surface area contributed by atoms with Crippen LogP contribution in [-0.4, -0.2) is 39.8 Å². The van der Waals surface area contributed by atoms with Gasteiger partial charge in [0.1, 0.15) is 24.2 Å². The van der Waals surface area contributed by atoms with Gasteiger partial charge < -0.3 is 10.1 Å². The maximum atomic E-state index is 13.5. The second-order valence-electron chi connectivity index (χ2n) is 6.63. The molecule has 0 bridgehead atoms. The van der Waals surface area contributed by atoms with Crippen LogP contribution in [0.3, 0.4) is 0 Å². The van der Waals surface area contributed by atoms with E-state index in [0.717, 1.165) is 22.2 Å². The highest BCUT2D eigenvalue weighted by Gasteiger charge is 2.31. The van der Waals surface area contributed by atoms with Crippen molar-refractivity contribution in [2.24, 2.45) is 0 Å². The van der Waals surface area contributed by atoms with Crippen molar-refractivity contribution in [3.63, 3.8) is 0 Å². The van der Waals surface area contributed by atoms with Crippen LogP contribution in [0, 0.1) is 12.7 Å². The Labute approximate surface area is 186 Å². The number of ether oxygens (including phenoxy) is 1. The second kappa shape index (κ2) is 10.3. The van der Waals surface area contributed by atoms with Crippen LogP contribution in [0.1, 0.15) is 18.9 Å². The Morgan fingerprint density at radius 3 is 2.47 bits per heavy atom. The Kier molecular flexibility index (Phi) is 8.34. The molecule has 0 aromatic heterocycles. The summed E-state index contributed by atoms with van der Waals surface area (Å²) in [7, 11) is -3.84. The molecule has 0 fully saturated rings. The Hall–Kier alpha value is -2.03. The summed E-state index contributed by atoms with van der Waals surface area (Å²) in [6.07, 6.45) is 1.17. The van der Waals surface area contributed by atoms with Crippen LogP contribution in [-0.2, 0) is 14.8 Å². The lowest BCUT2D eigenvalue weighted by molar-refractivity contribution is -0.122. The van der Waals surface area contributed by atoms with Gasteiger partial charge in [0.25, 0.3) is 0 Å². The quantitative estimate of drug-likeness (QED) is 0.550. The number of anilines is 1. The van der Waals surface area contributed by atoms with Gasteiger partial charge in [0, 0.05) is 5.02 Å². The van der Waals surface area contributed by atoms with Gasteiger partial charge in [-0.3, -0.25) is 9.10 Å². The number of amides is 1. The normalized spacial score (nSPS) is 12.3. The largest absolute Gasteiger partial charge is 0.492 e. The van der Waals surface area contributed by atoms with Crippen molar-refractivity contribution in [3.8, 4) is 5.75 Å². The molecule has 30 heavy (non-hydrogen) atoms. The first-order valence-corrected chi connectivity index (χ1v) is 11.8. The van der Waals surface area contributed by atoms with Gasteiger partial charge >= 0.3 is 0 Å². The molecule has 0 aliphatic heterocycles. The molecule has 6 nitrogen and oxygen atoms in total. The number of sulfonamides is 1. The van der Waals surface area contributed by atoms with Crippen LogP contribution in [0.15, 0.2) is 36.4 Å². The number of nitrogens with zero attached hydrogens (tertiary/aromatic N) is 1. The van der Waals surface area contributed by atoms with Crippen LogP contribution in [0.5, 0.6) is 5.75 Å². The first kappa shape index (κ1) is 24.2. The molecule has 0 saturated heterocycles. The number of carbonyl (C=O) groups is 1. The minimum Gasteiger partial charge on any atom is -0.492 e. The number of hydrogen-bond donors (Lipinski definition) is 1. The maximum Gasteiger partial charge on any atom is 0.244 e. The first-order valence-electron chi connectivity index (χ1n) is 9.15. The van der Waals surface area contributed by atoms with Gasteiger partial charge in [0.15, 0.2) is 0 Å². The fourth-order valence-electron chi connectivity index (χ4n) is 2.81. The van der Waals surface area contributed by atoms with Gasteiger partial charge in [-0.25, -0.2) is 12.8 Å². The highest BCUT2D eigenvalue weighted by molar-refractivity contribution is 7.92. The van der Waals surface area contributed by atoms with Crippen LogP contribution >= 0.6 is 23.2 Å². The predicted molar refractivity (Wildman–Crippen MR) is 118 cm³/mol. The molecule has 0 heterocycles. The lowest BCUT2D eigenvalue weighted by atomic mass is 10.2. The number of aryl methyl sites for hydroxylation is 1. The third-order valence-corrected chi connectivity index (χ3v) is 6.18. The van der Waals surface area contributed by atoms with Gasteiger partial charge in [-0.15, -0.1) is 0 Å². The molecule has 1 amide bonds. The van der Waals surface area contributed by atoms with Crippen molar-refractivity contribution in [1.82, 2.24) is 5.32 Å². The van der Waals surface area contributed by atoms with E-state index in [2.05, 4.69) is 5.32 Å². The molecule has 1 atom stereocenters. The fourth-order valence-corrected chi connectivity index (χ4v) is 4.36. The highest BCUT2D eigenvalue weighted by Crippen LogP contribution is 2.27. The van der Waals surface area contributed by atoms with Crippen LogP contribution < -0.4 is 14.4 Å². The molecule has 10 heteroatoms. The lowest BCUT2D eigenvalue weighted by Crippen LogP contribution is -2.50. The second-order valence-corrected chi connectivity index (χ2v) is 9.31. The molecule has 2 aromatic rings. The number of carbonyl (C=O) groups excluding carboxylic acids is 1. The molecular formula is C20H23Cl2FN2O4S. The van der Waals surface area contributed by atoms with E-state index in [1.165, 1.54) is 12.1 Å². The fraction of sp³-hybridized carbons (Fsp3) is 0.350. The summed E-state index contributed by atoms with van der Waals surface area (Å²) in [5.41, 5.74) is 1.03. The van der Waals surface area contributed by atoms with Crippen molar-refractivity contribution in [3.05, 3.63) is 57.8 Å². The average molecular weight is 477 g/mol. The van der Waals surface area contributed by atoms with E-state index < -0.39 is 27.8 Å². The molecule has 2 aromatic carbocycles. The van der Waals surface area contributed by atoms with E-state index in [1.54, 1.807) is 19.1 Å². The van der Waals surface area contributed by atoms with Crippen LogP contribution in [0.4, 0.5) is 10.1 Å². The van der Waals surface area contributed by atoms with Gasteiger partial charge in [-0.05, 0) is 49.2 Å². The molecule has 164 valence electrons. The summed E-state index contributed by atoms with van der Waals surface area (Å²) in [4.78, 5) is 12.7. The van der Waals surface area contributed by atoms with Gasteiger partial charge in [-0.1, -0.05) is 36.2 Å². The van der Waals surface area contributed by atoms with E-state index in [4.69, 9.17) is 27.9 Å². The molecule has 0 aliphatic rings. The zero-order valence-electron chi connectivity index (χ0n) is 16.8. The molecule has 1 N–H and O–H groups in total. The van der Waals surface area contributed by atoms with Crippen molar-refractivity contribution >= 4 is 44.8 Å². The molecule has 0 saturated carbocycles. The summed E-state index contributed by atoms with van der Waals surface area (Å²) in [6, 6.07) is 7.73. The van der Waals surface area contributed by atoms with Crippen molar-refractivity contribution in [2.45, 2.75) is 26.3 Å². The van der Waals surface area contributed by atoms with Crippen LogP contribution in [0.25, 0.3) is 0 Å². The van der Waals surface area contributed by atoms with Crippen molar-refractivity contribution in [2.75, 3.05) is 23.7 Å². The van der Waals surface area contributed by atoms with Crippen LogP contribution in [0.2, 0.25) is 10.0 Å². The predicted octanol–water partition coefficient (Wildman–Crippen LogP) is 4.18. The molecule has 0 spiro atoms. The third kappa shape index (κ3) is 6.23. The van der Waals surface area contributed by atoms with E-state index in [9.17, 15) is 17.6 Å². The Morgan fingerprint density at radius 2 is 1.90 bits per heavy atom. The minimum atomic E-state index is -3.84. The smallest absolute Gasteiger partial charge is 0.244 e. The SMILES string of the molecule is CC[C@@H](C(=O)NCCOc1ccc(C)c(Cl)c1)N(c1ccc(F)c(Cl)c1)S(C)(=O)=O. The Morgan fingerprint density at radius 1 is 1.20 bits per heavy atom. The molecular weight excluding hydrogens is 454 g/mol. The standard InChI is InChI=1S/C20H23Cl2FN2O4S/c1-4-19(25(30(3,27)28)14-6-8-18(23)17(22)11-14)20(26)24-9-10-29-15-7-5-13(2)16(21)12-15/h5-8,11-12,19H,4,9-10H2,1-3H3,(H,24,26)/t19-/m0/s1. The third-order valence-electron chi connectivity index (χ3n) is 4.30. The van der Waals surface area contributed by atoms with Gasteiger partial charge in [0.05, 0.1) is 23.5 Å². The Bertz CT molecular complexity index is 1020. The maximum absolute atomic E-state index is 13.5. The zero-order chi connectivity index (χ0) is 22.5. The number of rotatable bonds is 9. The molecule has 2 rings (SSSR count). The topological polar surface area (TPSA) is 75.7 Å². The summed E-state index contributed by atoms with van der Waals surface area (Å²) in [5.74, 6) is -0.626. The van der Waals surface area contributed by atoms with E-state index in [1.807, 2.05) is 13.0 Å². The van der Waals surface area contributed by atoms with E-state index >= 15 is 0 Å². The summed E-state index contributed by atoms with van der Waals surface area (Å²) < 4.78 is 44.7. The van der Waals surface area contributed by atoms with E-state index in [-0.39, 0.29) is 30.3 Å². The first-order chi connectivity index (χ1) is 14.0. The Balaban J connectivity index is 2.07. The zero-order valence-corrected chi connectivity index (χ0v) is 19.1. The highest BCUT2D eigenvalue weighted by atomic mass is 35.5. The molecule has 0 aliphatic carbocycles. The average Bonchev–Trinajstić information content (AvgIpc) is 2.67. The van der Waals surface area contributed by atoms with Crippen molar-refractivity contribution in [1.29, 1.82) is 0 Å². The summed E-state index contributed by atoms with van der Waals surface area (Å²) >= 11 is 11.8. The van der Waals surface area contributed by atoms with Gasteiger partial charge in [0.2, 0.25) is 15.9 Å². The van der Waals surface area contributed by atoms with Crippen molar-refractivity contribution < 1.29 is 22.3 Å². The number of nitrogens with one attached hydrogen (secondary N) is 1. The molecule has 0 unspecified atom stereocenters. The minimum absolute atomic E-state index is 0.108. The van der Waals surface area contributed by atoms with E-state index in [0.29, 0.717) is 10.8 Å².